The normalized spacial score (nSPS) is 10.7. The molecule has 0 amide bonds. The van der Waals surface area contributed by atoms with Gasteiger partial charge in [-0.3, -0.25) is 0 Å². The van der Waals surface area contributed by atoms with E-state index in [1.807, 2.05) is 17.7 Å². The first-order valence-electron chi connectivity index (χ1n) is 5.85. The molecule has 0 aliphatic heterocycles. The molecule has 0 radical (unpaired) electrons. The zero-order chi connectivity index (χ0) is 13.8. The van der Waals surface area contributed by atoms with Gasteiger partial charge in [0.2, 0.25) is 5.95 Å². The van der Waals surface area contributed by atoms with Gasteiger partial charge in [0, 0.05) is 19.9 Å². The summed E-state index contributed by atoms with van der Waals surface area (Å²) in [6.07, 6.45) is 1.95. The quantitative estimate of drug-likeness (QED) is 0.910. The van der Waals surface area contributed by atoms with Crippen LogP contribution in [-0.4, -0.2) is 23.3 Å². The Morgan fingerprint density at radius 2 is 2.00 bits per heavy atom. The Kier molecular flexibility index (Phi) is 4.69. The number of imidazole rings is 1. The summed E-state index contributed by atoms with van der Waals surface area (Å²) >= 11 is 12.3. The molecule has 1 aromatic carbocycles. The molecular formula is C13H15Cl2N3O. The third-order valence-corrected chi connectivity index (χ3v) is 3.26. The lowest BCUT2D eigenvalue weighted by Crippen LogP contribution is -2.07. The SMILES string of the molecule is COCCn1cc(C)nc1Nc1c(Cl)cccc1Cl. The smallest absolute Gasteiger partial charge is 0.207 e. The van der Waals surface area contributed by atoms with Gasteiger partial charge in [0.25, 0.3) is 0 Å². The second-order valence-corrected chi connectivity index (χ2v) is 4.93. The summed E-state index contributed by atoms with van der Waals surface area (Å²) in [5.41, 5.74) is 1.58. The van der Waals surface area contributed by atoms with Crippen LogP contribution in [-0.2, 0) is 11.3 Å². The number of para-hydroxylation sites is 1. The maximum absolute atomic E-state index is 6.13. The Morgan fingerprint density at radius 3 is 2.63 bits per heavy atom. The lowest BCUT2D eigenvalue weighted by atomic mass is 10.3. The molecule has 2 rings (SSSR count). The molecule has 0 aliphatic rings. The Labute approximate surface area is 122 Å². The molecule has 4 nitrogen and oxygen atoms in total. The van der Waals surface area contributed by atoms with E-state index in [1.54, 1.807) is 25.3 Å². The maximum Gasteiger partial charge on any atom is 0.207 e. The van der Waals surface area contributed by atoms with E-state index in [-0.39, 0.29) is 0 Å². The van der Waals surface area contributed by atoms with Crippen LogP contribution in [0, 0.1) is 6.92 Å². The van der Waals surface area contributed by atoms with Crippen molar-refractivity contribution in [3.05, 3.63) is 40.1 Å². The fraction of sp³-hybridized carbons (Fsp3) is 0.308. The number of hydrogen-bond donors (Lipinski definition) is 1. The number of aromatic nitrogens is 2. The van der Waals surface area contributed by atoms with Gasteiger partial charge in [-0.25, -0.2) is 4.98 Å². The number of methoxy groups -OCH3 is 1. The van der Waals surface area contributed by atoms with Crippen LogP contribution in [0.3, 0.4) is 0 Å². The van der Waals surface area contributed by atoms with Gasteiger partial charge in [-0.2, -0.15) is 0 Å². The highest BCUT2D eigenvalue weighted by Crippen LogP contribution is 2.32. The van der Waals surface area contributed by atoms with E-state index < -0.39 is 0 Å². The molecule has 0 atom stereocenters. The fourth-order valence-corrected chi connectivity index (χ4v) is 2.23. The number of benzene rings is 1. The lowest BCUT2D eigenvalue weighted by molar-refractivity contribution is 0.188. The first-order valence-corrected chi connectivity index (χ1v) is 6.61. The highest BCUT2D eigenvalue weighted by atomic mass is 35.5. The molecule has 2 aromatic rings. The molecular weight excluding hydrogens is 285 g/mol. The molecule has 1 aromatic heterocycles. The van der Waals surface area contributed by atoms with Crippen LogP contribution >= 0.6 is 23.2 Å². The number of rotatable bonds is 5. The third kappa shape index (κ3) is 3.41. The van der Waals surface area contributed by atoms with Crippen molar-refractivity contribution >= 4 is 34.8 Å². The summed E-state index contributed by atoms with van der Waals surface area (Å²) in [5.74, 6) is 0.699. The molecule has 102 valence electrons. The Hall–Kier alpha value is -1.23. The minimum absolute atomic E-state index is 0.562. The van der Waals surface area contributed by atoms with Crippen molar-refractivity contribution in [1.29, 1.82) is 0 Å². The van der Waals surface area contributed by atoms with Crippen LogP contribution in [0.4, 0.5) is 11.6 Å². The van der Waals surface area contributed by atoms with Gasteiger partial charge in [0.15, 0.2) is 0 Å². The molecule has 0 fully saturated rings. The number of nitrogens with one attached hydrogen (secondary N) is 1. The van der Waals surface area contributed by atoms with Gasteiger partial charge >= 0.3 is 0 Å². The van der Waals surface area contributed by atoms with Crippen LogP contribution in [0.2, 0.25) is 10.0 Å². The van der Waals surface area contributed by atoms with Gasteiger partial charge in [0.1, 0.15) is 0 Å². The highest BCUT2D eigenvalue weighted by molar-refractivity contribution is 6.39. The minimum atomic E-state index is 0.562. The zero-order valence-electron chi connectivity index (χ0n) is 10.8. The van der Waals surface area contributed by atoms with Gasteiger partial charge in [0.05, 0.1) is 28.0 Å². The molecule has 0 spiro atoms. The molecule has 1 heterocycles. The number of halogens is 2. The molecule has 6 heteroatoms. The first-order chi connectivity index (χ1) is 9.11. The Balaban J connectivity index is 2.27. The van der Waals surface area contributed by atoms with Crippen molar-refractivity contribution in [3.8, 4) is 0 Å². The molecule has 0 saturated heterocycles. The zero-order valence-corrected chi connectivity index (χ0v) is 12.3. The Morgan fingerprint density at radius 1 is 1.32 bits per heavy atom. The van der Waals surface area contributed by atoms with Crippen molar-refractivity contribution in [1.82, 2.24) is 9.55 Å². The largest absolute Gasteiger partial charge is 0.383 e. The third-order valence-electron chi connectivity index (χ3n) is 2.63. The molecule has 19 heavy (non-hydrogen) atoms. The van der Waals surface area contributed by atoms with Crippen LogP contribution in [0.25, 0.3) is 0 Å². The van der Waals surface area contributed by atoms with E-state index in [9.17, 15) is 0 Å². The second kappa shape index (κ2) is 6.28. The van der Waals surface area contributed by atoms with E-state index in [0.717, 1.165) is 5.69 Å². The summed E-state index contributed by atoms with van der Waals surface area (Å²) in [6.45, 7) is 3.26. The molecule has 1 N–H and O–H groups in total. The molecule has 0 aliphatic carbocycles. The topological polar surface area (TPSA) is 39.1 Å². The Bertz CT molecular complexity index is 549. The lowest BCUT2D eigenvalue weighted by Gasteiger charge is -2.11. The summed E-state index contributed by atoms with van der Waals surface area (Å²) in [4.78, 5) is 4.42. The highest BCUT2D eigenvalue weighted by Gasteiger charge is 2.10. The van der Waals surface area contributed by atoms with Crippen LogP contribution in [0.5, 0.6) is 0 Å². The van der Waals surface area contributed by atoms with Crippen LogP contribution in [0.15, 0.2) is 24.4 Å². The number of nitrogens with zero attached hydrogens (tertiary/aromatic N) is 2. The van der Waals surface area contributed by atoms with Crippen LogP contribution < -0.4 is 5.32 Å². The number of aryl methyl sites for hydroxylation is 1. The van der Waals surface area contributed by atoms with Crippen molar-refractivity contribution in [2.75, 3.05) is 19.0 Å². The molecule has 0 unspecified atom stereocenters. The maximum atomic E-state index is 6.13. The summed E-state index contributed by atoms with van der Waals surface area (Å²) in [5, 5.41) is 4.29. The van der Waals surface area contributed by atoms with Crippen molar-refractivity contribution in [3.63, 3.8) is 0 Å². The second-order valence-electron chi connectivity index (χ2n) is 4.11. The van der Waals surface area contributed by atoms with Gasteiger partial charge in [-0.1, -0.05) is 29.3 Å². The van der Waals surface area contributed by atoms with Crippen LogP contribution in [0.1, 0.15) is 5.69 Å². The van der Waals surface area contributed by atoms with Crippen molar-refractivity contribution in [2.45, 2.75) is 13.5 Å². The van der Waals surface area contributed by atoms with E-state index in [4.69, 9.17) is 27.9 Å². The average molecular weight is 300 g/mol. The predicted molar refractivity (Wildman–Crippen MR) is 78.6 cm³/mol. The van der Waals surface area contributed by atoms with Crippen molar-refractivity contribution in [2.24, 2.45) is 0 Å². The van der Waals surface area contributed by atoms with Gasteiger partial charge < -0.3 is 14.6 Å². The average Bonchev–Trinajstić information content (AvgIpc) is 2.72. The first kappa shape index (κ1) is 14.2. The number of hydrogen-bond acceptors (Lipinski definition) is 3. The molecule has 0 saturated carbocycles. The summed E-state index contributed by atoms with van der Waals surface area (Å²) in [7, 11) is 1.67. The van der Waals surface area contributed by atoms with Gasteiger partial charge in [-0.15, -0.1) is 0 Å². The van der Waals surface area contributed by atoms with Crippen molar-refractivity contribution < 1.29 is 4.74 Å². The van der Waals surface area contributed by atoms with E-state index in [1.165, 1.54) is 0 Å². The summed E-state index contributed by atoms with van der Waals surface area (Å²) in [6, 6.07) is 5.37. The minimum Gasteiger partial charge on any atom is -0.383 e. The standard InChI is InChI=1S/C13H15Cl2N3O/c1-9-8-18(6-7-19-2)13(16-9)17-12-10(14)4-3-5-11(12)15/h3-5,8H,6-7H2,1-2H3,(H,16,17). The summed E-state index contributed by atoms with van der Waals surface area (Å²) < 4.78 is 7.05. The predicted octanol–water partition coefficient (Wildman–Crippen LogP) is 3.89. The number of ether oxygens (including phenoxy) is 1. The fourth-order valence-electron chi connectivity index (χ4n) is 1.74. The molecule has 0 bridgehead atoms. The van der Waals surface area contributed by atoms with E-state index in [0.29, 0.717) is 34.8 Å². The number of anilines is 2. The monoisotopic (exact) mass is 299 g/mol. The van der Waals surface area contributed by atoms with Gasteiger partial charge in [-0.05, 0) is 19.1 Å². The van der Waals surface area contributed by atoms with E-state index in [2.05, 4.69) is 10.3 Å². The van der Waals surface area contributed by atoms with E-state index >= 15 is 0 Å².